The zero-order chi connectivity index (χ0) is 5.70. The molecule has 3 heteroatoms. The quantitative estimate of drug-likeness (QED) is 0.366. The van der Waals surface area contributed by atoms with Gasteiger partial charge in [-0.05, 0) is 0 Å². The Kier molecular flexibility index (Phi) is 3.47. The standard InChI is InChI=1S/C4H8BO2/c1-4(6)7-3-5-2/h3H2,1-2H3. The van der Waals surface area contributed by atoms with Crippen LogP contribution in [0.25, 0.3) is 0 Å². The van der Waals surface area contributed by atoms with Crippen LogP contribution >= 0.6 is 0 Å². The number of hydrogen-bond donors (Lipinski definition) is 0. The summed E-state index contributed by atoms with van der Waals surface area (Å²) in [4.78, 5) is 9.96. The minimum atomic E-state index is -0.224. The highest BCUT2D eigenvalue weighted by Gasteiger charge is 1.86. The Balaban J connectivity index is 2.82. The molecule has 0 fully saturated rings. The molecule has 0 heterocycles. The third-order valence-corrected chi connectivity index (χ3v) is 0.453. The van der Waals surface area contributed by atoms with E-state index in [2.05, 4.69) is 4.74 Å². The first-order chi connectivity index (χ1) is 3.27. The maximum atomic E-state index is 9.96. The van der Waals surface area contributed by atoms with Crippen LogP contribution in [0.4, 0.5) is 0 Å². The van der Waals surface area contributed by atoms with Gasteiger partial charge in [-0.3, -0.25) is 4.79 Å². The van der Waals surface area contributed by atoms with Crippen LogP contribution < -0.4 is 0 Å². The first-order valence-electron chi connectivity index (χ1n) is 2.18. The SMILES string of the molecule is C[B]COC(C)=O. The Bertz CT molecular complexity index is 62.7. The molecule has 0 aromatic heterocycles. The monoisotopic (exact) mass is 99.1 g/mol. The van der Waals surface area contributed by atoms with E-state index in [0.717, 1.165) is 0 Å². The van der Waals surface area contributed by atoms with E-state index in [1.165, 1.54) is 6.92 Å². The summed E-state index contributed by atoms with van der Waals surface area (Å²) in [7, 11) is 1.78. The second-order valence-electron chi connectivity index (χ2n) is 1.21. The lowest BCUT2D eigenvalue weighted by Gasteiger charge is -1.93. The number of carbonyl (C=O) groups is 1. The molecule has 7 heavy (non-hydrogen) atoms. The predicted molar refractivity (Wildman–Crippen MR) is 28.3 cm³/mol. The zero-order valence-electron chi connectivity index (χ0n) is 4.60. The maximum Gasteiger partial charge on any atom is 0.301 e. The van der Waals surface area contributed by atoms with E-state index in [1.54, 1.807) is 7.28 Å². The average molecular weight is 98.9 g/mol. The van der Waals surface area contributed by atoms with Crippen molar-refractivity contribution in [3.8, 4) is 0 Å². The molecule has 0 aliphatic carbocycles. The van der Waals surface area contributed by atoms with E-state index in [9.17, 15) is 4.79 Å². The van der Waals surface area contributed by atoms with Crippen molar-refractivity contribution in [3.05, 3.63) is 0 Å². The molecule has 0 aliphatic heterocycles. The van der Waals surface area contributed by atoms with Crippen LogP contribution in [0, 0.1) is 0 Å². The molecule has 0 bridgehead atoms. The molecule has 0 aromatic rings. The zero-order valence-corrected chi connectivity index (χ0v) is 4.60. The van der Waals surface area contributed by atoms with E-state index in [4.69, 9.17) is 0 Å². The van der Waals surface area contributed by atoms with Crippen LogP contribution in [0.1, 0.15) is 6.92 Å². The maximum absolute atomic E-state index is 9.96. The number of esters is 1. The summed E-state index contributed by atoms with van der Waals surface area (Å²) in [6.07, 6.45) is 0. The molecule has 39 valence electrons. The van der Waals surface area contributed by atoms with Crippen LogP contribution in [0.15, 0.2) is 0 Å². The highest BCUT2D eigenvalue weighted by molar-refractivity contribution is 6.33. The van der Waals surface area contributed by atoms with Crippen molar-refractivity contribution in [1.29, 1.82) is 0 Å². The second-order valence-corrected chi connectivity index (χ2v) is 1.21. The Morgan fingerprint density at radius 2 is 2.43 bits per heavy atom. The molecule has 0 N–H and O–H groups in total. The summed E-state index contributed by atoms with van der Waals surface area (Å²) in [6.45, 7) is 3.65. The molecule has 1 radical (unpaired) electrons. The van der Waals surface area contributed by atoms with Crippen molar-refractivity contribution in [2.24, 2.45) is 0 Å². The van der Waals surface area contributed by atoms with Gasteiger partial charge in [-0.2, -0.15) is 0 Å². The fourth-order valence-electron chi connectivity index (χ4n) is 0.201. The van der Waals surface area contributed by atoms with Crippen molar-refractivity contribution in [3.63, 3.8) is 0 Å². The molecule has 0 saturated carbocycles. The predicted octanol–water partition coefficient (Wildman–Crippen LogP) is 0.259. The molecule has 0 amide bonds. The molecular weight excluding hydrogens is 90.9 g/mol. The normalized spacial score (nSPS) is 7.71. The van der Waals surface area contributed by atoms with Gasteiger partial charge in [-0.1, -0.05) is 6.82 Å². The molecule has 0 unspecified atom stereocenters. The van der Waals surface area contributed by atoms with E-state index < -0.39 is 0 Å². The Morgan fingerprint density at radius 3 is 2.57 bits per heavy atom. The Labute approximate surface area is 44.1 Å². The summed E-state index contributed by atoms with van der Waals surface area (Å²) in [6, 6.07) is 0. The van der Waals surface area contributed by atoms with Crippen molar-refractivity contribution >= 4 is 13.2 Å². The van der Waals surface area contributed by atoms with E-state index >= 15 is 0 Å². The minimum absolute atomic E-state index is 0.224. The van der Waals surface area contributed by atoms with Gasteiger partial charge in [0, 0.05) is 6.92 Å². The average Bonchev–Trinajstić information content (AvgIpc) is 1.61. The fourth-order valence-corrected chi connectivity index (χ4v) is 0.201. The lowest BCUT2D eigenvalue weighted by molar-refractivity contribution is -0.138. The smallest absolute Gasteiger partial charge is 0.301 e. The molecule has 0 rings (SSSR count). The van der Waals surface area contributed by atoms with E-state index in [-0.39, 0.29) is 5.97 Å². The topological polar surface area (TPSA) is 26.3 Å². The molecular formula is C4H8BO2. The number of carbonyl (C=O) groups excluding carboxylic acids is 1. The van der Waals surface area contributed by atoms with Gasteiger partial charge in [0.2, 0.25) is 0 Å². The highest BCUT2D eigenvalue weighted by atomic mass is 16.5. The third-order valence-electron chi connectivity index (χ3n) is 0.453. The van der Waals surface area contributed by atoms with Gasteiger partial charge < -0.3 is 4.74 Å². The van der Waals surface area contributed by atoms with Gasteiger partial charge in [0.25, 0.3) is 0 Å². The number of rotatable bonds is 2. The summed E-state index contributed by atoms with van der Waals surface area (Å²) in [5.41, 5.74) is 0. The van der Waals surface area contributed by atoms with E-state index in [0.29, 0.717) is 6.51 Å². The summed E-state index contributed by atoms with van der Waals surface area (Å²) >= 11 is 0. The van der Waals surface area contributed by atoms with Crippen molar-refractivity contribution in [2.75, 3.05) is 6.51 Å². The van der Waals surface area contributed by atoms with Gasteiger partial charge in [0.1, 0.15) is 0 Å². The summed E-state index contributed by atoms with van der Waals surface area (Å²) in [5, 5.41) is 0. The van der Waals surface area contributed by atoms with Crippen molar-refractivity contribution in [1.82, 2.24) is 0 Å². The largest absolute Gasteiger partial charge is 0.475 e. The van der Waals surface area contributed by atoms with Gasteiger partial charge in [-0.25, -0.2) is 0 Å². The third kappa shape index (κ3) is 5.53. The molecule has 0 saturated heterocycles. The van der Waals surface area contributed by atoms with Crippen LogP contribution in [0.2, 0.25) is 6.82 Å². The molecule has 0 aromatic carbocycles. The summed E-state index contributed by atoms with van der Waals surface area (Å²) in [5.74, 6) is -0.224. The molecule has 0 spiro atoms. The lowest BCUT2D eigenvalue weighted by Crippen LogP contribution is -2.03. The Morgan fingerprint density at radius 1 is 1.86 bits per heavy atom. The van der Waals surface area contributed by atoms with Crippen LogP contribution in [-0.4, -0.2) is 19.8 Å². The highest BCUT2D eigenvalue weighted by Crippen LogP contribution is 1.71. The van der Waals surface area contributed by atoms with Crippen LogP contribution in [-0.2, 0) is 9.53 Å². The fraction of sp³-hybridized carbons (Fsp3) is 0.750. The molecule has 0 aliphatic rings. The van der Waals surface area contributed by atoms with E-state index in [1.807, 2.05) is 6.82 Å². The molecule has 2 nitrogen and oxygen atoms in total. The summed E-state index contributed by atoms with van der Waals surface area (Å²) < 4.78 is 4.50. The van der Waals surface area contributed by atoms with Crippen LogP contribution in [0.5, 0.6) is 0 Å². The lowest BCUT2D eigenvalue weighted by atomic mass is 9.85. The van der Waals surface area contributed by atoms with Gasteiger partial charge in [0.05, 0.1) is 6.51 Å². The Hall–Kier alpha value is -0.465. The molecule has 0 atom stereocenters. The van der Waals surface area contributed by atoms with Crippen molar-refractivity contribution < 1.29 is 9.53 Å². The van der Waals surface area contributed by atoms with Gasteiger partial charge in [-0.15, -0.1) is 0 Å². The second kappa shape index (κ2) is 3.72. The first-order valence-corrected chi connectivity index (χ1v) is 2.18. The number of ether oxygens (including phenoxy) is 1. The van der Waals surface area contributed by atoms with Crippen molar-refractivity contribution in [2.45, 2.75) is 13.7 Å². The van der Waals surface area contributed by atoms with Gasteiger partial charge >= 0.3 is 5.97 Å². The minimum Gasteiger partial charge on any atom is -0.475 e. The van der Waals surface area contributed by atoms with Crippen LogP contribution in [0.3, 0.4) is 0 Å². The first kappa shape index (κ1) is 6.53. The number of hydrogen-bond acceptors (Lipinski definition) is 2. The van der Waals surface area contributed by atoms with Gasteiger partial charge in [0.15, 0.2) is 7.28 Å².